The SMILES string of the molecule is O=C(Cc1c(Cl)cccc1Cl)c1ccc(Cl)c(Br)c1. The molecule has 0 N–H and O–H groups in total. The zero-order valence-electron chi connectivity index (χ0n) is 9.59. The van der Waals surface area contributed by atoms with Crippen molar-refractivity contribution < 1.29 is 4.79 Å². The summed E-state index contributed by atoms with van der Waals surface area (Å²) in [5.74, 6) is -0.0626. The summed E-state index contributed by atoms with van der Waals surface area (Å²) in [6.45, 7) is 0. The molecule has 2 aromatic rings. The number of benzene rings is 2. The van der Waals surface area contributed by atoms with E-state index in [0.29, 0.717) is 30.7 Å². The lowest BCUT2D eigenvalue weighted by atomic mass is 10.0. The molecule has 2 rings (SSSR count). The van der Waals surface area contributed by atoms with Crippen molar-refractivity contribution >= 4 is 56.5 Å². The van der Waals surface area contributed by atoms with Crippen molar-refractivity contribution in [3.8, 4) is 0 Å². The van der Waals surface area contributed by atoms with Crippen LogP contribution in [0.3, 0.4) is 0 Å². The summed E-state index contributed by atoms with van der Waals surface area (Å²) in [4.78, 5) is 12.2. The zero-order chi connectivity index (χ0) is 14.0. The molecule has 0 unspecified atom stereocenters. The van der Waals surface area contributed by atoms with Crippen LogP contribution >= 0.6 is 50.7 Å². The van der Waals surface area contributed by atoms with Gasteiger partial charge in [0, 0.05) is 26.5 Å². The number of Topliss-reactive ketones (excluding diaryl/α,β-unsaturated/α-hetero) is 1. The predicted octanol–water partition coefficient (Wildman–Crippen LogP) is 5.83. The number of rotatable bonds is 3. The average Bonchev–Trinajstić information content (AvgIpc) is 2.37. The Morgan fingerprint density at radius 3 is 2.21 bits per heavy atom. The molecule has 98 valence electrons. The number of hydrogen-bond acceptors (Lipinski definition) is 1. The molecule has 0 aromatic heterocycles. The van der Waals surface area contributed by atoms with Gasteiger partial charge in [-0.05, 0) is 51.8 Å². The van der Waals surface area contributed by atoms with Gasteiger partial charge in [0.05, 0.1) is 5.02 Å². The standard InChI is InChI=1S/C14H8BrCl3O/c15-10-6-8(4-5-13(10)18)14(19)7-9-11(16)2-1-3-12(9)17/h1-6H,7H2. The minimum absolute atomic E-state index is 0.0626. The van der Waals surface area contributed by atoms with E-state index >= 15 is 0 Å². The number of hydrogen-bond donors (Lipinski definition) is 0. The normalized spacial score (nSPS) is 10.5. The first kappa shape index (κ1) is 14.9. The smallest absolute Gasteiger partial charge is 0.167 e. The highest BCUT2D eigenvalue weighted by atomic mass is 79.9. The minimum atomic E-state index is -0.0626. The van der Waals surface area contributed by atoms with E-state index in [2.05, 4.69) is 15.9 Å². The molecule has 0 saturated carbocycles. The molecule has 0 spiro atoms. The Balaban J connectivity index is 2.28. The van der Waals surface area contributed by atoms with Crippen LogP contribution in [0.25, 0.3) is 0 Å². The van der Waals surface area contributed by atoms with Gasteiger partial charge in [-0.25, -0.2) is 0 Å². The quantitative estimate of drug-likeness (QED) is 0.614. The topological polar surface area (TPSA) is 17.1 Å². The Morgan fingerprint density at radius 1 is 1.00 bits per heavy atom. The highest BCUT2D eigenvalue weighted by molar-refractivity contribution is 9.10. The van der Waals surface area contributed by atoms with Gasteiger partial charge in [-0.2, -0.15) is 0 Å². The molecule has 0 radical (unpaired) electrons. The molecule has 0 aliphatic heterocycles. The molecular weight excluding hydrogens is 370 g/mol. The summed E-state index contributed by atoms with van der Waals surface area (Å²) >= 11 is 21.3. The fourth-order valence-corrected chi connectivity index (χ4v) is 2.66. The van der Waals surface area contributed by atoms with Crippen molar-refractivity contribution in [2.75, 3.05) is 0 Å². The summed E-state index contributed by atoms with van der Waals surface area (Å²) in [6, 6.07) is 10.2. The monoisotopic (exact) mass is 376 g/mol. The second-order valence-electron chi connectivity index (χ2n) is 3.93. The predicted molar refractivity (Wildman–Crippen MR) is 83.6 cm³/mol. The van der Waals surface area contributed by atoms with Gasteiger partial charge >= 0.3 is 0 Å². The van der Waals surface area contributed by atoms with Gasteiger partial charge < -0.3 is 0 Å². The summed E-state index contributed by atoms with van der Waals surface area (Å²) in [7, 11) is 0. The second-order valence-corrected chi connectivity index (χ2v) is 6.00. The highest BCUT2D eigenvalue weighted by Crippen LogP contribution is 2.27. The molecule has 5 heteroatoms. The van der Waals surface area contributed by atoms with Gasteiger partial charge in [-0.15, -0.1) is 0 Å². The minimum Gasteiger partial charge on any atom is -0.294 e. The Hall–Kier alpha value is -0.540. The second kappa shape index (κ2) is 6.27. The molecule has 0 aliphatic carbocycles. The van der Waals surface area contributed by atoms with E-state index in [0.717, 1.165) is 0 Å². The molecule has 0 saturated heterocycles. The lowest BCUT2D eigenvalue weighted by Gasteiger charge is -2.07. The summed E-state index contributed by atoms with van der Waals surface area (Å²) in [6.07, 6.45) is 0.159. The lowest BCUT2D eigenvalue weighted by Crippen LogP contribution is -2.04. The zero-order valence-corrected chi connectivity index (χ0v) is 13.4. The van der Waals surface area contributed by atoms with E-state index in [1.165, 1.54) is 0 Å². The molecule has 2 aromatic carbocycles. The Labute approximate surface area is 134 Å². The van der Waals surface area contributed by atoms with E-state index in [1.807, 2.05) is 0 Å². The van der Waals surface area contributed by atoms with Crippen LogP contribution in [0.2, 0.25) is 15.1 Å². The maximum absolute atomic E-state index is 12.2. The third kappa shape index (κ3) is 3.51. The summed E-state index contributed by atoms with van der Waals surface area (Å²) in [5, 5.41) is 1.55. The van der Waals surface area contributed by atoms with Crippen LogP contribution in [-0.4, -0.2) is 5.78 Å². The largest absolute Gasteiger partial charge is 0.294 e. The molecular formula is C14H8BrCl3O. The van der Waals surface area contributed by atoms with E-state index in [1.54, 1.807) is 36.4 Å². The third-order valence-corrected chi connectivity index (χ3v) is 4.56. The molecule has 19 heavy (non-hydrogen) atoms. The molecule has 1 nitrogen and oxygen atoms in total. The summed E-state index contributed by atoms with van der Waals surface area (Å²) < 4.78 is 0.685. The van der Waals surface area contributed by atoms with Gasteiger partial charge in [-0.3, -0.25) is 4.79 Å². The van der Waals surface area contributed by atoms with Crippen LogP contribution in [0, 0.1) is 0 Å². The summed E-state index contributed by atoms with van der Waals surface area (Å²) in [5.41, 5.74) is 1.20. The van der Waals surface area contributed by atoms with Crippen molar-refractivity contribution in [1.29, 1.82) is 0 Å². The van der Waals surface area contributed by atoms with Gasteiger partial charge in [0.25, 0.3) is 0 Å². The first-order valence-electron chi connectivity index (χ1n) is 5.40. The number of halogens is 4. The number of ketones is 1. The van der Waals surface area contributed by atoms with Crippen molar-refractivity contribution in [3.05, 3.63) is 67.1 Å². The first-order valence-corrected chi connectivity index (χ1v) is 7.33. The van der Waals surface area contributed by atoms with Gasteiger partial charge in [0.2, 0.25) is 0 Å². The first-order chi connectivity index (χ1) is 8.99. The molecule has 0 atom stereocenters. The van der Waals surface area contributed by atoms with Crippen molar-refractivity contribution in [3.63, 3.8) is 0 Å². The van der Waals surface area contributed by atoms with Gasteiger partial charge in [0.15, 0.2) is 5.78 Å². The fourth-order valence-electron chi connectivity index (χ4n) is 1.63. The van der Waals surface area contributed by atoms with E-state index < -0.39 is 0 Å². The number of carbonyl (C=O) groups is 1. The fraction of sp³-hybridized carbons (Fsp3) is 0.0714. The van der Waals surface area contributed by atoms with Crippen LogP contribution in [0.15, 0.2) is 40.9 Å². The Morgan fingerprint density at radius 2 is 1.63 bits per heavy atom. The molecule has 0 bridgehead atoms. The van der Waals surface area contributed by atoms with E-state index in [4.69, 9.17) is 34.8 Å². The lowest BCUT2D eigenvalue weighted by molar-refractivity contribution is 0.0993. The van der Waals surface area contributed by atoms with Crippen molar-refractivity contribution in [1.82, 2.24) is 0 Å². The van der Waals surface area contributed by atoms with Crippen LogP contribution in [0.5, 0.6) is 0 Å². The third-order valence-electron chi connectivity index (χ3n) is 2.64. The van der Waals surface area contributed by atoms with Crippen LogP contribution < -0.4 is 0 Å². The van der Waals surface area contributed by atoms with E-state index in [9.17, 15) is 4.79 Å². The average molecular weight is 378 g/mol. The van der Waals surface area contributed by atoms with Crippen molar-refractivity contribution in [2.45, 2.75) is 6.42 Å². The maximum atomic E-state index is 12.2. The maximum Gasteiger partial charge on any atom is 0.167 e. The van der Waals surface area contributed by atoms with Gasteiger partial charge in [0.1, 0.15) is 0 Å². The molecule has 0 amide bonds. The van der Waals surface area contributed by atoms with Crippen LogP contribution in [-0.2, 0) is 6.42 Å². The van der Waals surface area contributed by atoms with Gasteiger partial charge in [-0.1, -0.05) is 40.9 Å². The Bertz CT molecular complexity index is 620. The van der Waals surface area contributed by atoms with Crippen molar-refractivity contribution in [2.24, 2.45) is 0 Å². The van der Waals surface area contributed by atoms with Crippen LogP contribution in [0.4, 0.5) is 0 Å². The Kier molecular flexibility index (Phi) is 4.91. The highest BCUT2D eigenvalue weighted by Gasteiger charge is 2.13. The van der Waals surface area contributed by atoms with E-state index in [-0.39, 0.29) is 12.2 Å². The molecule has 0 aliphatic rings. The number of carbonyl (C=O) groups excluding carboxylic acids is 1. The molecule has 0 heterocycles. The molecule has 0 fully saturated rings. The van der Waals surface area contributed by atoms with Crippen LogP contribution in [0.1, 0.15) is 15.9 Å².